The van der Waals surface area contributed by atoms with Crippen LogP contribution in [0.5, 0.6) is 0 Å². The molecule has 0 radical (unpaired) electrons. The summed E-state index contributed by atoms with van der Waals surface area (Å²) in [6.45, 7) is 0.779. The predicted octanol–water partition coefficient (Wildman–Crippen LogP) is 0.872. The van der Waals surface area contributed by atoms with Crippen molar-refractivity contribution >= 4 is 11.9 Å². The fraction of sp³-hybridized carbons (Fsp3) is 0.750. The van der Waals surface area contributed by atoms with E-state index in [4.69, 9.17) is 5.11 Å². The van der Waals surface area contributed by atoms with Crippen molar-refractivity contribution in [3.63, 3.8) is 0 Å². The van der Waals surface area contributed by atoms with Crippen LogP contribution in [0.3, 0.4) is 0 Å². The zero-order chi connectivity index (χ0) is 11.9. The Bertz CT molecular complexity index is 302. The second-order valence-corrected chi connectivity index (χ2v) is 3.84. The molecule has 0 saturated carbocycles. The lowest BCUT2D eigenvalue weighted by atomic mass is 9.90. The molecular weight excluding hydrogens is 215 g/mol. The summed E-state index contributed by atoms with van der Waals surface area (Å²) in [4.78, 5) is 22.0. The summed E-state index contributed by atoms with van der Waals surface area (Å²) < 4.78 is 36.0. The Hall–Kier alpha value is -1.27. The Morgan fingerprint density at radius 2 is 1.93 bits per heavy atom. The van der Waals surface area contributed by atoms with Crippen molar-refractivity contribution in [2.45, 2.75) is 19.5 Å². The summed E-state index contributed by atoms with van der Waals surface area (Å²) >= 11 is 0. The number of alkyl halides is 3. The highest BCUT2D eigenvalue weighted by molar-refractivity contribution is 5.84. The van der Waals surface area contributed by atoms with Gasteiger partial charge in [-0.25, -0.2) is 0 Å². The van der Waals surface area contributed by atoms with Crippen molar-refractivity contribution in [1.82, 2.24) is 4.90 Å². The molecule has 15 heavy (non-hydrogen) atoms. The molecule has 1 fully saturated rings. The number of rotatable bonds is 1. The Morgan fingerprint density at radius 3 is 2.27 bits per heavy atom. The highest BCUT2D eigenvalue weighted by Crippen LogP contribution is 2.32. The van der Waals surface area contributed by atoms with Crippen LogP contribution >= 0.6 is 0 Å². The van der Waals surface area contributed by atoms with Gasteiger partial charge in [-0.2, -0.15) is 13.2 Å². The Morgan fingerprint density at radius 1 is 1.40 bits per heavy atom. The smallest absolute Gasteiger partial charge is 0.471 e. The van der Waals surface area contributed by atoms with Gasteiger partial charge >= 0.3 is 18.1 Å². The molecule has 0 bridgehead atoms. The predicted molar refractivity (Wildman–Crippen MR) is 43.0 cm³/mol. The average Bonchev–Trinajstić information content (AvgIpc) is 2.46. The maximum atomic E-state index is 12.0. The van der Waals surface area contributed by atoms with E-state index < -0.39 is 23.5 Å². The quantitative estimate of drug-likeness (QED) is 0.720. The zero-order valence-corrected chi connectivity index (χ0v) is 7.97. The highest BCUT2D eigenvalue weighted by atomic mass is 19.4. The van der Waals surface area contributed by atoms with Gasteiger partial charge < -0.3 is 10.0 Å². The first-order chi connectivity index (χ1) is 6.67. The summed E-state index contributed by atoms with van der Waals surface area (Å²) in [7, 11) is 0. The van der Waals surface area contributed by atoms with Crippen molar-refractivity contribution in [1.29, 1.82) is 0 Å². The number of carbonyl (C=O) groups excluding carboxylic acids is 1. The minimum Gasteiger partial charge on any atom is -0.481 e. The van der Waals surface area contributed by atoms with E-state index in [9.17, 15) is 22.8 Å². The van der Waals surface area contributed by atoms with E-state index in [-0.39, 0.29) is 19.5 Å². The van der Waals surface area contributed by atoms with Crippen LogP contribution in [0, 0.1) is 5.41 Å². The van der Waals surface area contributed by atoms with Crippen LogP contribution in [0.2, 0.25) is 0 Å². The monoisotopic (exact) mass is 225 g/mol. The van der Waals surface area contributed by atoms with Crippen LogP contribution in [0.25, 0.3) is 0 Å². The van der Waals surface area contributed by atoms with Gasteiger partial charge in [0.2, 0.25) is 0 Å². The van der Waals surface area contributed by atoms with Crippen LogP contribution in [0.4, 0.5) is 13.2 Å². The molecule has 1 heterocycles. The minimum absolute atomic E-state index is 0.0458. The largest absolute Gasteiger partial charge is 0.481 e. The number of carboxylic acid groups (broad SMARTS) is 1. The Balaban J connectivity index is 2.73. The lowest BCUT2D eigenvalue weighted by molar-refractivity contribution is -0.184. The third-order valence-corrected chi connectivity index (χ3v) is 2.52. The van der Waals surface area contributed by atoms with Crippen molar-refractivity contribution in [3.8, 4) is 0 Å². The molecule has 1 aliphatic heterocycles. The minimum atomic E-state index is -4.93. The average molecular weight is 225 g/mol. The number of carbonyl (C=O) groups is 2. The molecule has 1 N–H and O–H groups in total. The second kappa shape index (κ2) is 3.39. The molecule has 1 atom stereocenters. The summed E-state index contributed by atoms with van der Waals surface area (Å²) in [5, 5.41) is 8.76. The summed E-state index contributed by atoms with van der Waals surface area (Å²) in [6, 6.07) is 0. The number of amides is 1. The van der Waals surface area contributed by atoms with Gasteiger partial charge in [0, 0.05) is 13.1 Å². The maximum absolute atomic E-state index is 12.0. The molecule has 1 rings (SSSR count). The van der Waals surface area contributed by atoms with Crippen LogP contribution in [-0.2, 0) is 9.59 Å². The fourth-order valence-corrected chi connectivity index (χ4v) is 1.49. The van der Waals surface area contributed by atoms with Crippen molar-refractivity contribution in [2.24, 2.45) is 5.41 Å². The molecule has 86 valence electrons. The van der Waals surface area contributed by atoms with E-state index in [2.05, 4.69) is 0 Å². The van der Waals surface area contributed by atoms with E-state index in [1.807, 2.05) is 0 Å². The Kier molecular flexibility index (Phi) is 2.67. The van der Waals surface area contributed by atoms with Gasteiger partial charge in [0.05, 0.1) is 5.41 Å². The molecule has 1 aliphatic rings. The molecule has 4 nitrogen and oxygen atoms in total. The van der Waals surface area contributed by atoms with E-state index in [0.717, 1.165) is 0 Å². The molecule has 1 amide bonds. The van der Waals surface area contributed by atoms with Gasteiger partial charge in [-0.05, 0) is 13.3 Å². The molecular formula is C8H10F3NO3. The van der Waals surface area contributed by atoms with Crippen LogP contribution in [0.1, 0.15) is 13.3 Å². The number of aliphatic carboxylic acids is 1. The molecule has 1 saturated heterocycles. The van der Waals surface area contributed by atoms with Gasteiger partial charge in [-0.15, -0.1) is 0 Å². The van der Waals surface area contributed by atoms with Gasteiger partial charge in [-0.1, -0.05) is 0 Å². The topological polar surface area (TPSA) is 57.6 Å². The van der Waals surface area contributed by atoms with Gasteiger partial charge in [0.1, 0.15) is 0 Å². The van der Waals surface area contributed by atoms with Crippen molar-refractivity contribution in [3.05, 3.63) is 0 Å². The molecule has 0 aliphatic carbocycles. The maximum Gasteiger partial charge on any atom is 0.471 e. The molecule has 0 aromatic carbocycles. The Labute approximate surface area is 83.7 Å². The van der Waals surface area contributed by atoms with Crippen molar-refractivity contribution in [2.75, 3.05) is 13.1 Å². The first kappa shape index (κ1) is 11.8. The summed E-state index contributed by atoms with van der Waals surface area (Å²) in [5.41, 5.74) is -1.26. The van der Waals surface area contributed by atoms with Crippen LogP contribution in [0.15, 0.2) is 0 Å². The normalized spacial score (nSPS) is 26.8. The first-order valence-corrected chi connectivity index (χ1v) is 4.26. The lowest BCUT2D eigenvalue weighted by Crippen LogP contribution is -2.41. The number of halogens is 3. The van der Waals surface area contributed by atoms with E-state index in [1.165, 1.54) is 6.92 Å². The molecule has 0 unspecified atom stereocenters. The summed E-state index contributed by atoms with van der Waals surface area (Å²) in [6.07, 6.45) is -4.88. The zero-order valence-electron chi connectivity index (χ0n) is 7.97. The number of hydrogen-bond acceptors (Lipinski definition) is 2. The molecule has 0 aromatic rings. The third kappa shape index (κ3) is 2.21. The van der Waals surface area contributed by atoms with Crippen LogP contribution < -0.4 is 0 Å². The van der Waals surface area contributed by atoms with E-state index in [0.29, 0.717) is 4.90 Å². The standard InChI is InChI=1S/C8H10F3NO3/c1-7(6(14)15)2-3-12(4-7)5(13)8(9,10)11/h2-4H2,1H3,(H,14,15)/t7-/m1/s1. The molecule has 0 aromatic heterocycles. The highest BCUT2D eigenvalue weighted by Gasteiger charge is 2.49. The van der Waals surface area contributed by atoms with E-state index in [1.54, 1.807) is 0 Å². The number of nitrogens with zero attached hydrogens (tertiary/aromatic N) is 1. The molecule has 0 spiro atoms. The second-order valence-electron chi connectivity index (χ2n) is 3.84. The lowest BCUT2D eigenvalue weighted by Gasteiger charge is -2.20. The van der Waals surface area contributed by atoms with Gasteiger partial charge in [0.25, 0.3) is 0 Å². The van der Waals surface area contributed by atoms with Gasteiger partial charge in [0.15, 0.2) is 0 Å². The SMILES string of the molecule is C[C@@]1(C(=O)O)CCN(C(=O)C(F)(F)F)C1. The number of hydrogen-bond donors (Lipinski definition) is 1. The fourth-order valence-electron chi connectivity index (χ4n) is 1.49. The first-order valence-electron chi connectivity index (χ1n) is 4.26. The van der Waals surface area contributed by atoms with Crippen molar-refractivity contribution < 1.29 is 27.9 Å². The molecule has 7 heteroatoms. The van der Waals surface area contributed by atoms with Crippen LogP contribution in [-0.4, -0.2) is 41.1 Å². The third-order valence-electron chi connectivity index (χ3n) is 2.52. The number of carboxylic acids is 1. The summed E-state index contributed by atoms with van der Waals surface area (Å²) in [5.74, 6) is -3.15. The van der Waals surface area contributed by atoms with E-state index >= 15 is 0 Å². The number of likely N-dealkylation sites (tertiary alicyclic amines) is 1. The van der Waals surface area contributed by atoms with Gasteiger partial charge in [-0.3, -0.25) is 9.59 Å².